The first-order chi connectivity index (χ1) is 12.5. The van der Waals surface area contributed by atoms with Crippen LogP contribution in [0.15, 0.2) is 64.4 Å². The van der Waals surface area contributed by atoms with E-state index in [0.717, 1.165) is 9.79 Å². The van der Waals surface area contributed by atoms with Gasteiger partial charge in [0.15, 0.2) is 6.61 Å². The van der Waals surface area contributed by atoms with Crippen LogP contribution in [0.25, 0.3) is 0 Å². The third-order valence-corrected chi connectivity index (χ3v) is 4.27. The Bertz CT molecular complexity index is 783. The van der Waals surface area contributed by atoms with Crippen LogP contribution in [0.1, 0.15) is 6.92 Å². The lowest BCUT2D eigenvalue weighted by atomic mass is 10.3. The number of para-hydroxylation sites is 1. The molecule has 0 aliphatic carbocycles. The number of carbonyl (C=O) groups excluding carboxylic acids is 3. The Kier molecular flexibility index (Phi) is 7.04. The zero-order chi connectivity index (χ0) is 18.9. The van der Waals surface area contributed by atoms with Crippen LogP contribution in [-0.4, -0.2) is 30.6 Å². The maximum absolute atomic E-state index is 12.1. The van der Waals surface area contributed by atoms with Gasteiger partial charge in [0.25, 0.3) is 5.91 Å². The summed E-state index contributed by atoms with van der Waals surface area (Å²) in [5, 5.41) is 4.90. The van der Waals surface area contributed by atoms with Gasteiger partial charge in [0.2, 0.25) is 0 Å². The van der Waals surface area contributed by atoms with Gasteiger partial charge >= 0.3 is 12.0 Å². The molecule has 1 atom stereocenters. The molecule has 0 spiro atoms. The van der Waals surface area contributed by atoms with Gasteiger partial charge in [-0.2, -0.15) is 0 Å². The first kappa shape index (κ1) is 19.3. The lowest BCUT2D eigenvalue weighted by Crippen LogP contribution is -2.43. The third kappa shape index (κ3) is 6.14. The summed E-state index contributed by atoms with van der Waals surface area (Å²) in [6.07, 6.45) is 0. The van der Waals surface area contributed by atoms with Crippen LogP contribution in [0, 0.1) is 0 Å². The minimum atomic E-state index is -0.929. The molecule has 0 saturated heterocycles. The molecule has 0 saturated carbocycles. The summed E-state index contributed by atoms with van der Waals surface area (Å²) < 4.78 is 4.87. The van der Waals surface area contributed by atoms with E-state index in [1.165, 1.54) is 18.7 Å². The Morgan fingerprint density at radius 1 is 1.08 bits per heavy atom. The molecule has 2 rings (SSSR count). The number of urea groups is 1. The second-order valence-electron chi connectivity index (χ2n) is 5.30. The molecule has 0 aliphatic rings. The Morgan fingerprint density at radius 3 is 2.42 bits per heavy atom. The quantitative estimate of drug-likeness (QED) is 0.645. The van der Waals surface area contributed by atoms with Crippen molar-refractivity contribution in [3.8, 4) is 0 Å². The maximum Gasteiger partial charge on any atom is 0.328 e. The fourth-order valence-electron chi connectivity index (χ4n) is 1.99. The van der Waals surface area contributed by atoms with Crippen molar-refractivity contribution in [1.82, 2.24) is 5.32 Å². The molecule has 0 fully saturated rings. The van der Waals surface area contributed by atoms with Gasteiger partial charge in [-0.25, -0.2) is 9.59 Å². The third-order valence-electron chi connectivity index (χ3n) is 3.19. The van der Waals surface area contributed by atoms with Crippen molar-refractivity contribution in [2.75, 3.05) is 11.9 Å². The Labute approximate surface area is 155 Å². The number of amides is 3. The van der Waals surface area contributed by atoms with E-state index in [0.29, 0.717) is 5.69 Å². The van der Waals surface area contributed by atoms with Crippen LogP contribution < -0.4 is 16.4 Å². The van der Waals surface area contributed by atoms with E-state index >= 15 is 0 Å². The Hall–Kier alpha value is -3.00. The number of primary amides is 1. The molecule has 0 radical (unpaired) electrons. The van der Waals surface area contributed by atoms with Crippen LogP contribution in [0.3, 0.4) is 0 Å². The summed E-state index contributed by atoms with van der Waals surface area (Å²) in [6, 6.07) is 15.3. The van der Waals surface area contributed by atoms with Gasteiger partial charge in [0.1, 0.15) is 6.04 Å². The number of nitrogens with one attached hydrogen (secondary N) is 2. The van der Waals surface area contributed by atoms with Gasteiger partial charge in [-0.3, -0.25) is 4.79 Å². The number of hydrogen-bond acceptors (Lipinski definition) is 5. The molecule has 4 N–H and O–H groups in total. The Balaban J connectivity index is 1.93. The van der Waals surface area contributed by atoms with Crippen molar-refractivity contribution in [3.05, 3.63) is 54.6 Å². The summed E-state index contributed by atoms with van der Waals surface area (Å²) in [7, 11) is 0. The minimum Gasteiger partial charge on any atom is -0.454 e. The molecule has 7 nitrogen and oxygen atoms in total. The number of rotatable bonds is 7. The molecule has 0 heterocycles. The zero-order valence-electron chi connectivity index (χ0n) is 14.1. The highest BCUT2D eigenvalue weighted by molar-refractivity contribution is 7.99. The lowest BCUT2D eigenvalue weighted by Gasteiger charge is -2.13. The fraction of sp³-hybridized carbons (Fsp3) is 0.167. The molecular formula is C18H19N3O4S. The van der Waals surface area contributed by atoms with Crippen molar-refractivity contribution in [1.29, 1.82) is 0 Å². The van der Waals surface area contributed by atoms with Gasteiger partial charge in [-0.05, 0) is 31.2 Å². The predicted molar refractivity (Wildman–Crippen MR) is 98.8 cm³/mol. The first-order valence-electron chi connectivity index (χ1n) is 7.80. The highest BCUT2D eigenvalue weighted by atomic mass is 32.2. The number of nitrogens with two attached hydrogens (primary N) is 1. The molecule has 0 aromatic heterocycles. The van der Waals surface area contributed by atoms with Gasteiger partial charge < -0.3 is 21.1 Å². The molecule has 3 amide bonds. The molecular weight excluding hydrogens is 354 g/mol. The number of esters is 1. The van der Waals surface area contributed by atoms with E-state index in [-0.39, 0.29) is 0 Å². The van der Waals surface area contributed by atoms with Crippen LogP contribution >= 0.6 is 11.8 Å². The molecule has 26 heavy (non-hydrogen) atoms. The minimum absolute atomic E-state index is 0.464. The second kappa shape index (κ2) is 9.47. The monoisotopic (exact) mass is 373 g/mol. The number of ether oxygens (including phenoxy) is 1. The first-order valence-corrected chi connectivity index (χ1v) is 8.61. The highest BCUT2D eigenvalue weighted by Gasteiger charge is 2.17. The molecule has 2 aromatic carbocycles. The van der Waals surface area contributed by atoms with Crippen LogP contribution in [0.5, 0.6) is 0 Å². The van der Waals surface area contributed by atoms with Crippen molar-refractivity contribution < 1.29 is 19.1 Å². The molecule has 0 aliphatic heterocycles. The average Bonchev–Trinajstić information content (AvgIpc) is 2.61. The molecule has 0 bridgehead atoms. The second-order valence-corrected chi connectivity index (χ2v) is 6.41. The van der Waals surface area contributed by atoms with Crippen LogP contribution in [0.2, 0.25) is 0 Å². The van der Waals surface area contributed by atoms with Gasteiger partial charge in [0.05, 0.1) is 5.69 Å². The van der Waals surface area contributed by atoms with Crippen LogP contribution in [-0.2, 0) is 14.3 Å². The van der Waals surface area contributed by atoms with Gasteiger partial charge in [-0.1, -0.05) is 42.1 Å². The zero-order valence-corrected chi connectivity index (χ0v) is 14.9. The number of carbonyl (C=O) groups is 3. The van der Waals surface area contributed by atoms with E-state index in [2.05, 4.69) is 10.6 Å². The fourth-order valence-corrected chi connectivity index (χ4v) is 2.92. The Morgan fingerprint density at radius 2 is 1.73 bits per heavy atom. The van der Waals surface area contributed by atoms with Gasteiger partial charge in [-0.15, -0.1) is 0 Å². The van der Waals surface area contributed by atoms with Crippen molar-refractivity contribution in [3.63, 3.8) is 0 Å². The average molecular weight is 373 g/mol. The SMILES string of the molecule is C[C@H](NC(N)=O)C(=O)OCC(=O)Nc1ccccc1Sc1ccccc1. The molecule has 8 heteroatoms. The largest absolute Gasteiger partial charge is 0.454 e. The number of anilines is 1. The smallest absolute Gasteiger partial charge is 0.328 e. The maximum atomic E-state index is 12.1. The molecule has 0 unspecified atom stereocenters. The lowest BCUT2D eigenvalue weighted by molar-refractivity contribution is -0.148. The molecule has 2 aromatic rings. The summed E-state index contributed by atoms with van der Waals surface area (Å²) in [5.41, 5.74) is 5.55. The summed E-state index contributed by atoms with van der Waals surface area (Å²) in [4.78, 5) is 36.3. The summed E-state index contributed by atoms with van der Waals surface area (Å²) >= 11 is 1.51. The van der Waals surface area contributed by atoms with E-state index in [9.17, 15) is 14.4 Å². The van der Waals surface area contributed by atoms with Crippen molar-refractivity contribution in [2.24, 2.45) is 5.73 Å². The topological polar surface area (TPSA) is 111 Å². The van der Waals surface area contributed by atoms with E-state index in [1.807, 2.05) is 42.5 Å². The van der Waals surface area contributed by atoms with E-state index in [4.69, 9.17) is 10.5 Å². The van der Waals surface area contributed by atoms with Gasteiger partial charge in [0, 0.05) is 9.79 Å². The summed E-state index contributed by atoms with van der Waals surface area (Å²) in [6.45, 7) is 0.949. The highest BCUT2D eigenvalue weighted by Crippen LogP contribution is 2.33. The predicted octanol–water partition coefficient (Wildman–Crippen LogP) is 2.38. The summed E-state index contributed by atoms with van der Waals surface area (Å²) in [5.74, 6) is -1.23. The normalized spacial score (nSPS) is 11.3. The van der Waals surface area contributed by atoms with E-state index in [1.54, 1.807) is 12.1 Å². The number of benzene rings is 2. The van der Waals surface area contributed by atoms with Crippen LogP contribution in [0.4, 0.5) is 10.5 Å². The van der Waals surface area contributed by atoms with Crippen molar-refractivity contribution >= 4 is 35.4 Å². The standard InChI is InChI=1S/C18H19N3O4S/c1-12(20-18(19)24)17(23)25-11-16(22)21-14-9-5-6-10-15(14)26-13-7-3-2-4-8-13/h2-10,12H,11H2,1H3,(H,21,22)(H3,19,20,24)/t12-/m0/s1. The number of hydrogen-bond donors (Lipinski definition) is 3. The van der Waals surface area contributed by atoms with E-state index < -0.39 is 30.6 Å². The van der Waals surface area contributed by atoms with Crippen molar-refractivity contribution in [2.45, 2.75) is 22.8 Å². The molecule has 136 valence electrons.